The molecule has 4 nitrogen and oxygen atoms in total. The zero-order valence-electron chi connectivity index (χ0n) is 14.4. The lowest BCUT2D eigenvalue weighted by Crippen LogP contribution is -2.28. The van der Waals surface area contributed by atoms with Crippen LogP contribution in [-0.4, -0.2) is 18.9 Å². The molecule has 5 heteroatoms. The molecule has 2 atom stereocenters. The number of hydrogen-bond acceptors (Lipinski definition) is 4. The summed E-state index contributed by atoms with van der Waals surface area (Å²) in [6, 6.07) is 3.95. The third-order valence-electron chi connectivity index (χ3n) is 3.43. The molecule has 0 aliphatic heterocycles. The van der Waals surface area contributed by atoms with Crippen molar-refractivity contribution >= 4 is 20.9 Å². The van der Waals surface area contributed by atoms with Crippen LogP contribution >= 0.6 is 9.12 Å². The molecule has 0 saturated carbocycles. The molecule has 0 spiro atoms. The van der Waals surface area contributed by atoms with Crippen molar-refractivity contribution in [3.8, 4) is 0 Å². The van der Waals surface area contributed by atoms with Crippen LogP contribution < -0.4 is 0 Å². The second kappa shape index (κ2) is 9.58. The molecule has 0 bridgehead atoms. The smallest absolute Gasteiger partial charge is 0.316 e. The maximum Gasteiger partial charge on any atom is 0.316 e. The van der Waals surface area contributed by atoms with Crippen molar-refractivity contribution in [2.75, 3.05) is 7.11 Å². The largest absolute Gasteiger partial charge is 0.468 e. The lowest BCUT2D eigenvalue weighted by Gasteiger charge is -2.18. The van der Waals surface area contributed by atoms with E-state index in [1.54, 1.807) is 0 Å². The normalized spacial score (nSPS) is 11.6. The first-order valence-corrected chi connectivity index (χ1v) is 7.84. The Morgan fingerprint density at radius 1 is 1.09 bits per heavy atom. The van der Waals surface area contributed by atoms with E-state index in [0.717, 1.165) is 16.7 Å². The summed E-state index contributed by atoms with van der Waals surface area (Å²) < 4.78 is 13.1. The maximum absolute atomic E-state index is 12.7. The maximum atomic E-state index is 12.7. The quantitative estimate of drug-likeness (QED) is 0.359. The number of ether oxygens (including phenoxy) is 1. The van der Waals surface area contributed by atoms with Gasteiger partial charge in [0.25, 0.3) is 0 Å². The molecule has 1 rings (SSSR count). The van der Waals surface area contributed by atoms with Gasteiger partial charge < -0.3 is 9.30 Å². The average Bonchev–Trinajstić information content (AvgIpc) is 2.44. The van der Waals surface area contributed by atoms with Crippen LogP contribution in [0.5, 0.6) is 0 Å². The number of carbonyl (C=O) groups is 2. The van der Waals surface area contributed by atoms with Crippen LogP contribution in [0.25, 0.3) is 0 Å². The van der Waals surface area contributed by atoms with Crippen molar-refractivity contribution < 1.29 is 18.9 Å². The molecular weight excluding hydrogens is 299 g/mol. The minimum absolute atomic E-state index is 0.124. The summed E-state index contributed by atoms with van der Waals surface area (Å²) in [6.07, 6.45) is 0.512. The van der Waals surface area contributed by atoms with E-state index in [1.807, 2.05) is 46.8 Å². The number of carbonyl (C=O) groups excluding carboxylic acids is 2. The molecule has 0 N–H and O–H groups in total. The second-order valence-electron chi connectivity index (χ2n) is 5.84. The van der Waals surface area contributed by atoms with Crippen molar-refractivity contribution in [1.29, 1.82) is 0 Å². The van der Waals surface area contributed by atoms with Gasteiger partial charge in [0.1, 0.15) is 5.92 Å². The van der Waals surface area contributed by atoms with E-state index in [2.05, 4.69) is 0 Å². The summed E-state index contributed by atoms with van der Waals surface area (Å²) in [5.41, 5.74) is 3.62. The highest BCUT2D eigenvalue weighted by Gasteiger charge is 2.30. The molecule has 0 aliphatic carbocycles. The van der Waals surface area contributed by atoms with Gasteiger partial charge in [0.2, 0.25) is 0 Å². The molecule has 0 aliphatic rings. The number of Topliss-reactive ketones (excluding diaryl/α,β-unsaturated/α-hetero) is 1. The van der Waals surface area contributed by atoms with Gasteiger partial charge in [-0.05, 0) is 44.2 Å². The van der Waals surface area contributed by atoms with E-state index >= 15 is 0 Å². The lowest BCUT2D eigenvalue weighted by atomic mass is 9.85. The summed E-state index contributed by atoms with van der Waals surface area (Å²) in [4.78, 5) is 24.6. The Morgan fingerprint density at radius 2 is 1.55 bits per heavy atom. The fourth-order valence-corrected chi connectivity index (χ4v) is 2.67. The van der Waals surface area contributed by atoms with Crippen molar-refractivity contribution in [2.24, 2.45) is 11.8 Å². The highest BCUT2D eigenvalue weighted by atomic mass is 31.0. The van der Waals surface area contributed by atoms with E-state index in [0.29, 0.717) is 21.1 Å². The number of methoxy groups -OCH3 is 1. The number of aryl methyl sites for hydroxylation is 3. The van der Waals surface area contributed by atoms with Gasteiger partial charge >= 0.3 is 5.97 Å². The summed E-state index contributed by atoms with van der Waals surface area (Å²) in [5, 5.41) is 0. The number of benzene rings is 1. The van der Waals surface area contributed by atoms with Crippen LogP contribution in [0.1, 0.15) is 47.3 Å². The number of ketones is 1. The van der Waals surface area contributed by atoms with Crippen molar-refractivity contribution in [3.05, 3.63) is 34.4 Å². The van der Waals surface area contributed by atoms with Crippen molar-refractivity contribution in [3.63, 3.8) is 0 Å². The molecule has 1 aromatic rings. The SMILES string of the molecule is COC(=O)C(CC(C)C)C(=O)c1c(C)cc(C)cc1C.O=[PH3]. The van der Waals surface area contributed by atoms with E-state index in [4.69, 9.17) is 9.30 Å². The van der Waals surface area contributed by atoms with Crippen LogP contribution in [-0.2, 0) is 14.1 Å². The minimum Gasteiger partial charge on any atom is -0.468 e. The molecule has 0 aromatic heterocycles. The summed E-state index contributed by atoms with van der Waals surface area (Å²) >= 11 is 0. The van der Waals surface area contributed by atoms with Gasteiger partial charge in [0.15, 0.2) is 5.78 Å². The lowest BCUT2D eigenvalue weighted by molar-refractivity contribution is -0.144. The Morgan fingerprint density at radius 3 is 1.91 bits per heavy atom. The molecule has 0 fully saturated rings. The standard InChI is InChI=1S/C17H24O3.H3OP/c1-10(2)7-14(17(19)20-6)16(18)15-12(4)8-11(3)9-13(15)5;1-2/h8-10,14H,7H2,1-6H3;2H3. The number of esters is 1. The van der Waals surface area contributed by atoms with Gasteiger partial charge in [-0.15, -0.1) is 0 Å². The topological polar surface area (TPSA) is 60.4 Å². The van der Waals surface area contributed by atoms with Gasteiger partial charge in [-0.3, -0.25) is 9.59 Å². The third-order valence-corrected chi connectivity index (χ3v) is 3.43. The van der Waals surface area contributed by atoms with Gasteiger partial charge in [-0.25, -0.2) is 0 Å². The van der Waals surface area contributed by atoms with Crippen LogP contribution in [0.2, 0.25) is 0 Å². The predicted octanol–water partition coefficient (Wildman–Crippen LogP) is 3.57. The fraction of sp³-hybridized carbons (Fsp3) is 0.529. The van der Waals surface area contributed by atoms with Gasteiger partial charge in [-0.1, -0.05) is 31.5 Å². The first-order chi connectivity index (χ1) is 10.3. The zero-order chi connectivity index (χ0) is 17.4. The second-order valence-corrected chi connectivity index (χ2v) is 5.84. The molecule has 22 heavy (non-hydrogen) atoms. The Balaban J connectivity index is 0.00000211. The molecule has 2 unspecified atom stereocenters. The highest BCUT2D eigenvalue weighted by Crippen LogP contribution is 2.24. The van der Waals surface area contributed by atoms with Gasteiger partial charge in [0, 0.05) is 5.56 Å². The Bertz CT molecular complexity index is 514. The first-order valence-electron chi connectivity index (χ1n) is 7.26. The zero-order valence-corrected chi connectivity index (χ0v) is 15.8. The van der Waals surface area contributed by atoms with E-state index in [-0.39, 0.29) is 11.7 Å². The van der Waals surface area contributed by atoms with Crippen LogP contribution in [0.15, 0.2) is 12.1 Å². The summed E-state index contributed by atoms with van der Waals surface area (Å²) in [5.74, 6) is -1.02. The monoisotopic (exact) mass is 326 g/mol. The minimum atomic E-state index is -0.708. The Labute approximate surface area is 134 Å². The molecular formula is C17H27O4P. The van der Waals surface area contributed by atoms with Gasteiger partial charge in [-0.2, -0.15) is 0 Å². The average molecular weight is 326 g/mol. The fourth-order valence-electron chi connectivity index (χ4n) is 2.67. The number of hydrogen-bond donors (Lipinski definition) is 0. The molecule has 124 valence electrons. The van der Waals surface area contributed by atoms with Gasteiger partial charge in [0.05, 0.1) is 16.2 Å². The highest BCUT2D eigenvalue weighted by molar-refractivity contribution is 7.00. The Hall–Kier alpha value is -1.41. The molecule has 0 amide bonds. The van der Waals surface area contributed by atoms with E-state index in [1.165, 1.54) is 7.11 Å². The molecule has 0 heterocycles. The van der Waals surface area contributed by atoms with Crippen LogP contribution in [0, 0.1) is 32.6 Å². The van der Waals surface area contributed by atoms with Crippen LogP contribution in [0.3, 0.4) is 0 Å². The predicted molar refractivity (Wildman–Crippen MR) is 91.7 cm³/mol. The van der Waals surface area contributed by atoms with Crippen LogP contribution in [0.4, 0.5) is 0 Å². The van der Waals surface area contributed by atoms with E-state index < -0.39 is 11.9 Å². The summed E-state index contributed by atoms with van der Waals surface area (Å²) in [6.45, 7) is 9.82. The summed E-state index contributed by atoms with van der Waals surface area (Å²) in [7, 11) is 1.94. The molecule has 0 radical (unpaired) electrons. The first kappa shape index (κ1) is 20.6. The number of rotatable bonds is 5. The Kier molecular flexibility index (Phi) is 8.96. The van der Waals surface area contributed by atoms with Crippen molar-refractivity contribution in [2.45, 2.75) is 41.0 Å². The van der Waals surface area contributed by atoms with E-state index in [9.17, 15) is 9.59 Å². The molecule has 1 aromatic carbocycles. The van der Waals surface area contributed by atoms with Crippen molar-refractivity contribution in [1.82, 2.24) is 0 Å². The molecule has 0 saturated heterocycles. The third kappa shape index (κ3) is 5.42.